The van der Waals surface area contributed by atoms with Crippen LogP contribution in [0, 0.1) is 12.7 Å². The minimum Gasteiger partial charge on any atom is -0.344 e. The molecule has 1 aromatic carbocycles. The molecule has 4 nitrogen and oxygen atoms in total. The zero-order chi connectivity index (χ0) is 12.8. The van der Waals surface area contributed by atoms with E-state index in [0.717, 1.165) is 6.07 Å². The van der Waals surface area contributed by atoms with Crippen molar-refractivity contribution in [3.05, 3.63) is 42.2 Å². The lowest BCUT2D eigenvalue weighted by atomic mass is 10.2. The molecular formula is C12H13FN2O2. The molecule has 0 saturated carbocycles. The van der Waals surface area contributed by atoms with E-state index in [2.05, 4.69) is 17.2 Å². The number of rotatable bonds is 3. The van der Waals surface area contributed by atoms with Gasteiger partial charge in [0.2, 0.25) is 0 Å². The molecule has 5 heteroatoms. The number of aryl methyl sites for hydroxylation is 1. The highest BCUT2D eigenvalue weighted by Crippen LogP contribution is 2.15. The highest BCUT2D eigenvalue weighted by molar-refractivity contribution is 6.39. The third-order valence-corrected chi connectivity index (χ3v) is 2.06. The second-order valence-corrected chi connectivity index (χ2v) is 3.41. The van der Waals surface area contributed by atoms with Crippen molar-refractivity contribution in [2.45, 2.75) is 6.92 Å². The largest absolute Gasteiger partial charge is 0.344 e. The van der Waals surface area contributed by atoms with Gasteiger partial charge in [-0.05, 0) is 24.6 Å². The Kier molecular flexibility index (Phi) is 4.39. The number of anilines is 1. The van der Waals surface area contributed by atoms with Gasteiger partial charge in [0.15, 0.2) is 0 Å². The summed E-state index contributed by atoms with van der Waals surface area (Å²) >= 11 is 0. The lowest BCUT2D eigenvalue weighted by Crippen LogP contribution is -2.35. The van der Waals surface area contributed by atoms with Gasteiger partial charge in [-0.2, -0.15) is 0 Å². The summed E-state index contributed by atoms with van der Waals surface area (Å²) in [6, 6.07) is 3.96. The van der Waals surface area contributed by atoms with Crippen molar-refractivity contribution in [2.75, 3.05) is 11.9 Å². The van der Waals surface area contributed by atoms with E-state index in [4.69, 9.17) is 0 Å². The normalized spacial score (nSPS) is 9.53. The van der Waals surface area contributed by atoms with E-state index in [1.54, 1.807) is 6.92 Å². The van der Waals surface area contributed by atoms with Crippen molar-refractivity contribution in [3.8, 4) is 0 Å². The molecule has 0 aliphatic heterocycles. The number of carbonyl (C=O) groups excluding carboxylic acids is 2. The van der Waals surface area contributed by atoms with Crippen LogP contribution < -0.4 is 10.6 Å². The number of hydrogen-bond donors (Lipinski definition) is 2. The lowest BCUT2D eigenvalue weighted by Gasteiger charge is -2.07. The van der Waals surface area contributed by atoms with E-state index in [0.29, 0.717) is 5.56 Å². The maximum absolute atomic E-state index is 12.9. The molecule has 0 unspecified atom stereocenters. The first kappa shape index (κ1) is 12.9. The topological polar surface area (TPSA) is 58.2 Å². The van der Waals surface area contributed by atoms with Gasteiger partial charge >= 0.3 is 11.8 Å². The van der Waals surface area contributed by atoms with Crippen LogP contribution in [0.5, 0.6) is 0 Å². The maximum Gasteiger partial charge on any atom is 0.313 e. The molecule has 0 spiro atoms. The maximum atomic E-state index is 12.9. The van der Waals surface area contributed by atoms with Crippen LogP contribution in [0.4, 0.5) is 10.1 Å². The van der Waals surface area contributed by atoms with Crippen molar-refractivity contribution in [2.24, 2.45) is 0 Å². The summed E-state index contributed by atoms with van der Waals surface area (Å²) in [5.74, 6) is -2.09. The Hall–Kier alpha value is -2.17. The number of nitrogens with one attached hydrogen (secondary N) is 2. The first-order valence-electron chi connectivity index (χ1n) is 5.01. The fourth-order valence-electron chi connectivity index (χ4n) is 1.15. The standard InChI is InChI=1S/C12H13FN2O2/c1-3-6-14-11(16)12(17)15-10-7-9(13)5-4-8(10)2/h3-5,7H,1,6H2,2H3,(H,14,16)(H,15,17). The van der Waals surface area contributed by atoms with Crippen LogP contribution in [0.15, 0.2) is 30.9 Å². The predicted octanol–water partition coefficient (Wildman–Crippen LogP) is 1.37. The Balaban J connectivity index is 2.70. The summed E-state index contributed by atoms with van der Waals surface area (Å²) in [7, 11) is 0. The van der Waals surface area contributed by atoms with Gasteiger partial charge < -0.3 is 10.6 Å². The summed E-state index contributed by atoms with van der Waals surface area (Å²) in [5, 5.41) is 4.66. The highest BCUT2D eigenvalue weighted by atomic mass is 19.1. The average molecular weight is 236 g/mol. The quantitative estimate of drug-likeness (QED) is 0.615. The molecular weight excluding hydrogens is 223 g/mol. The highest BCUT2D eigenvalue weighted by Gasteiger charge is 2.13. The Morgan fingerprint density at radius 2 is 2.12 bits per heavy atom. The zero-order valence-corrected chi connectivity index (χ0v) is 9.42. The first-order chi connectivity index (χ1) is 8.04. The van der Waals surface area contributed by atoms with Gasteiger partial charge in [0.25, 0.3) is 0 Å². The molecule has 0 aliphatic carbocycles. The Bertz CT molecular complexity index is 458. The Morgan fingerprint density at radius 1 is 1.41 bits per heavy atom. The number of hydrogen-bond acceptors (Lipinski definition) is 2. The van der Waals surface area contributed by atoms with Crippen LogP contribution >= 0.6 is 0 Å². The minimum absolute atomic E-state index is 0.203. The fraction of sp³-hybridized carbons (Fsp3) is 0.167. The zero-order valence-electron chi connectivity index (χ0n) is 9.42. The SMILES string of the molecule is C=CCNC(=O)C(=O)Nc1cc(F)ccc1C. The van der Waals surface area contributed by atoms with Crippen LogP contribution in [0.1, 0.15) is 5.56 Å². The molecule has 0 aromatic heterocycles. The van der Waals surface area contributed by atoms with Gasteiger partial charge in [-0.25, -0.2) is 4.39 Å². The summed E-state index contributed by atoms with van der Waals surface area (Å²) < 4.78 is 12.9. The number of halogens is 1. The molecule has 0 atom stereocenters. The summed E-state index contributed by atoms with van der Waals surface area (Å²) in [5.41, 5.74) is 0.958. The minimum atomic E-state index is -0.833. The van der Waals surface area contributed by atoms with E-state index in [9.17, 15) is 14.0 Å². The van der Waals surface area contributed by atoms with Gasteiger partial charge in [0, 0.05) is 12.2 Å². The Morgan fingerprint density at radius 3 is 2.76 bits per heavy atom. The summed E-state index contributed by atoms with van der Waals surface area (Å²) in [6.45, 7) is 5.31. The fourth-order valence-corrected chi connectivity index (χ4v) is 1.15. The summed E-state index contributed by atoms with van der Waals surface area (Å²) in [6.07, 6.45) is 1.46. The Labute approximate surface area is 98.5 Å². The summed E-state index contributed by atoms with van der Waals surface area (Å²) in [4.78, 5) is 22.6. The van der Waals surface area contributed by atoms with Crippen LogP contribution in [0.2, 0.25) is 0 Å². The van der Waals surface area contributed by atoms with Gasteiger partial charge in [-0.1, -0.05) is 12.1 Å². The molecule has 0 saturated heterocycles. The van der Waals surface area contributed by atoms with Crippen molar-refractivity contribution < 1.29 is 14.0 Å². The second-order valence-electron chi connectivity index (χ2n) is 3.41. The lowest BCUT2D eigenvalue weighted by molar-refractivity contribution is -0.136. The van der Waals surface area contributed by atoms with E-state index in [1.165, 1.54) is 18.2 Å². The number of benzene rings is 1. The van der Waals surface area contributed by atoms with Crippen LogP contribution in [-0.2, 0) is 9.59 Å². The third-order valence-electron chi connectivity index (χ3n) is 2.06. The molecule has 2 amide bonds. The van der Waals surface area contributed by atoms with E-state index < -0.39 is 17.6 Å². The first-order valence-corrected chi connectivity index (χ1v) is 5.01. The number of amides is 2. The molecule has 90 valence electrons. The van der Waals surface area contributed by atoms with Crippen molar-refractivity contribution in [1.29, 1.82) is 0 Å². The van der Waals surface area contributed by atoms with E-state index >= 15 is 0 Å². The van der Waals surface area contributed by atoms with Gasteiger partial charge in [-0.15, -0.1) is 6.58 Å². The third kappa shape index (κ3) is 3.71. The van der Waals surface area contributed by atoms with Crippen LogP contribution in [-0.4, -0.2) is 18.4 Å². The van der Waals surface area contributed by atoms with E-state index in [1.807, 2.05) is 0 Å². The molecule has 17 heavy (non-hydrogen) atoms. The molecule has 0 aliphatic rings. The van der Waals surface area contributed by atoms with Gasteiger partial charge in [-0.3, -0.25) is 9.59 Å². The van der Waals surface area contributed by atoms with E-state index in [-0.39, 0.29) is 12.2 Å². The van der Waals surface area contributed by atoms with Crippen molar-refractivity contribution >= 4 is 17.5 Å². The molecule has 0 radical (unpaired) electrons. The molecule has 0 heterocycles. The van der Waals surface area contributed by atoms with Crippen LogP contribution in [0.3, 0.4) is 0 Å². The molecule has 0 bridgehead atoms. The van der Waals surface area contributed by atoms with Gasteiger partial charge in [0.05, 0.1) is 0 Å². The molecule has 1 aromatic rings. The monoisotopic (exact) mass is 236 g/mol. The van der Waals surface area contributed by atoms with Crippen molar-refractivity contribution in [1.82, 2.24) is 5.32 Å². The smallest absolute Gasteiger partial charge is 0.313 e. The molecule has 0 fully saturated rings. The number of carbonyl (C=O) groups is 2. The van der Waals surface area contributed by atoms with Crippen LogP contribution in [0.25, 0.3) is 0 Å². The second kappa shape index (κ2) is 5.79. The molecule has 1 rings (SSSR count). The van der Waals surface area contributed by atoms with Crippen molar-refractivity contribution in [3.63, 3.8) is 0 Å². The molecule has 2 N–H and O–H groups in total. The van der Waals surface area contributed by atoms with Gasteiger partial charge in [0.1, 0.15) is 5.82 Å². The predicted molar refractivity (Wildman–Crippen MR) is 63.0 cm³/mol. The average Bonchev–Trinajstić information content (AvgIpc) is 2.30.